The number of piperazine rings is 1. The lowest BCUT2D eigenvalue weighted by Gasteiger charge is -2.35. The summed E-state index contributed by atoms with van der Waals surface area (Å²) in [5.74, 6) is 0.237. The van der Waals surface area contributed by atoms with E-state index in [1.165, 1.54) is 11.3 Å². The number of amides is 2. The van der Waals surface area contributed by atoms with Gasteiger partial charge in [-0.15, -0.1) is 0 Å². The monoisotopic (exact) mass is 389 g/mol. The van der Waals surface area contributed by atoms with Crippen molar-refractivity contribution in [3.05, 3.63) is 65.7 Å². The molecule has 150 valence electrons. The highest BCUT2D eigenvalue weighted by atomic mass is 16.2. The first-order valence-electron chi connectivity index (χ1n) is 10.3. The SMILES string of the molecule is Cc1cccc(N2CCN(C(=O)/C=C/c3ccc(N4CCCC4=O)cc3)CC2)c1. The summed E-state index contributed by atoms with van der Waals surface area (Å²) in [5, 5.41) is 0. The van der Waals surface area contributed by atoms with Crippen LogP contribution in [0, 0.1) is 6.92 Å². The zero-order valence-electron chi connectivity index (χ0n) is 16.9. The van der Waals surface area contributed by atoms with E-state index in [-0.39, 0.29) is 11.8 Å². The van der Waals surface area contributed by atoms with Gasteiger partial charge in [-0.3, -0.25) is 9.59 Å². The van der Waals surface area contributed by atoms with E-state index in [0.717, 1.165) is 50.4 Å². The minimum atomic E-state index is 0.0488. The maximum atomic E-state index is 12.6. The lowest BCUT2D eigenvalue weighted by molar-refractivity contribution is -0.126. The molecule has 2 aliphatic heterocycles. The van der Waals surface area contributed by atoms with Crippen molar-refractivity contribution in [3.8, 4) is 0 Å². The molecule has 2 aliphatic rings. The number of hydrogen-bond acceptors (Lipinski definition) is 3. The molecule has 0 N–H and O–H groups in total. The Hall–Kier alpha value is -3.08. The van der Waals surface area contributed by atoms with Crippen LogP contribution in [0.1, 0.15) is 24.0 Å². The van der Waals surface area contributed by atoms with Crippen molar-refractivity contribution in [2.24, 2.45) is 0 Å². The molecule has 2 aromatic carbocycles. The molecule has 2 fully saturated rings. The lowest BCUT2D eigenvalue weighted by Crippen LogP contribution is -2.48. The fourth-order valence-corrected chi connectivity index (χ4v) is 3.97. The van der Waals surface area contributed by atoms with Crippen LogP contribution >= 0.6 is 0 Å². The summed E-state index contributed by atoms with van der Waals surface area (Å²) >= 11 is 0. The quantitative estimate of drug-likeness (QED) is 0.752. The molecule has 2 heterocycles. The van der Waals surface area contributed by atoms with Crippen LogP contribution in [0.25, 0.3) is 6.08 Å². The van der Waals surface area contributed by atoms with Gasteiger partial charge in [0.25, 0.3) is 0 Å². The largest absolute Gasteiger partial charge is 0.368 e. The van der Waals surface area contributed by atoms with Gasteiger partial charge in [0.15, 0.2) is 0 Å². The average molecular weight is 389 g/mol. The Kier molecular flexibility index (Phi) is 5.65. The van der Waals surface area contributed by atoms with Crippen molar-refractivity contribution >= 4 is 29.3 Å². The Labute approximate surface area is 172 Å². The predicted molar refractivity (Wildman–Crippen MR) is 117 cm³/mol. The Morgan fingerprint density at radius 1 is 0.931 bits per heavy atom. The van der Waals surface area contributed by atoms with Crippen molar-refractivity contribution in [2.75, 3.05) is 42.5 Å². The molecular formula is C24H27N3O2. The highest BCUT2D eigenvalue weighted by Crippen LogP contribution is 2.22. The highest BCUT2D eigenvalue weighted by Gasteiger charge is 2.21. The molecule has 0 unspecified atom stereocenters. The summed E-state index contributed by atoms with van der Waals surface area (Å²) < 4.78 is 0. The van der Waals surface area contributed by atoms with Gasteiger partial charge in [0.1, 0.15) is 0 Å². The van der Waals surface area contributed by atoms with Crippen LogP contribution in [0.3, 0.4) is 0 Å². The zero-order chi connectivity index (χ0) is 20.2. The molecule has 2 amide bonds. The number of anilines is 2. The van der Waals surface area contributed by atoms with Crippen LogP contribution in [-0.4, -0.2) is 49.4 Å². The van der Waals surface area contributed by atoms with Gasteiger partial charge in [-0.1, -0.05) is 24.3 Å². The highest BCUT2D eigenvalue weighted by molar-refractivity contribution is 5.95. The fourth-order valence-electron chi connectivity index (χ4n) is 3.97. The molecule has 29 heavy (non-hydrogen) atoms. The molecule has 2 saturated heterocycles. The standard InChI is InChI=1S/C24H27N3O2/c1-19-4-2-5-22(18-19)25-14-16-26(17-15-25)23(28)12-9-20-7-10-21(11-8-20)27-13-3-6-24(27)29/h2,4-5,7-12,18H,3,6,13-17H2,1H3/b12-9+. The number of aryl methyl sites for hydroxylation is 1. The first-order chi connectivity index (χ1) is 14.1. The zero-order valence-corrected chi connectivity index (χ0v) is 16.9. The molecule has 5 heteroatoms. The first-order valence-corrected chi connectivity index (χ1v) is 10.3. The maximum Gasteiger partial charge on any atom is 0.246 e. The van der Waals surface area contributed by atoms with Crippen LogP contribution < -0.4 is 9.80 Å². The number of rotatable bonds is 4. The number of benzene rings is 2. The summed E-state index contributed by atoms with van der Waals surface area (Å²) in [6.45, 7) is 6.05. The van der Waals surface area contributed by atoms with Crippen LogP contribution in [-0.2, 0) is 9.59 Å². The number of carbonyl (C=O) groups excluding carboxylic acids is 2. The number of nitrogens with zero attached hydrogens (tertiary/aromatic N) is 3. The number of carbonyl (C=O) groups is 2. The Morgan fingerprint density at radius 2 is 1.69 bits per heavy atom. The third-order valence-electron chi connectivity index (χ3n) is 5.65. The van der Waals surface area contributed by atoms with E-state index in [4.69, 9.17) is 0 Å². The summed E-state index contributed by atoms with van der Waals surface area (Å²) in [6.07, 6.45) is 5.06. The van der Waals surface area contributed by atoms with E-state index in [1.807, 2.05) is 40.1 Å². The van der Waals surface area contributed by atoms with Crippen LogP contribution in [0.4, 0.5) is 11.4 Å². The smallest absolute Gasteiger partial charge is 0.246 e. The minimum absolute atomic E-state index is 0.0488. The van der Waals surface area contributed by atoms with Crippen molar-refractivity contribution < 1.29 is 9.59 Å². The number of hydrogen-bond donors (Lipinski definition) is 0. The van der Waals surface area contributed by atoms with E-state index in [9.17, 15) is 9.59 Å². The van der Waals surface area contributed by atoms with Gasteiger partial charge in [0.2, 0.25) is 11.8 Å². The van der Waals surface area contributed by atoms with Crippen LogP contribution in [0.5, 0.6) is 0 Å². The molecular weight excluding hydrogens is 362 g/mol. The summed E-state index contributed by atoms with van der Waals surface area (Å²) in [5.41, 5.74) is 4.38. The molecule has 0 bridgehead atoms. The van der Waals surface area contributed by atoms with E-state index >= 15 is 0 Å². The summed E-state index contributed by atoms with van der Waals surface area (Å²) in [7, 11) is 0. The molecule has 0 aliphatic carbocycles. The van der Waals surface area contributed by atoms with E-state index < -0.39 is 0 Å². The molecule has 0 saturated carbocycles. The van der Waals surface area contributed by atoms with Crippen molar-refractivity contribution in [3.63, 3.8) is 0 Å². The molecule has 4 rings (SSSR count). The van der Waals surface area contributed by atoms with Crippen molar-refractivity contribution in [1.29, 1.82) is 0 Å². The van der Waals surface area contributed by atoms with E-state index in [1.54, 1.807) is 6.08 Å². The third kappa shape index (κ3) is 4.50. The molecule has 2 aromatic rings. The van der Waals surface area contributed by atoms with Crippen LogP contribution in [0.2, 0.25) is 0 Å². The van der Waals surface area contributed by atoms with Gasteiger partial charge in [-0.25, -0.2) is 0 Å². The molecule has 0 radical (unpaired) electrons. The molecule has 0 spiro atoms. The maximum absolute atomic E-state index is 12.6. The summed E-state index contributed by atoms with van der Waals surface area (Å²) in [4.78, 5) is 30.5. The molecule has 0 aromatic heterocycles. The normalized spacial score (nSPS) is 17.4. The fraction of sp³-hybridized carbons (Fsp3) is 0.333. The predicted octanol–water partition coefficient (Wildman–Crippen LogP) is 3.48. The second-order valence-electron chi connectivity index (χ2n) is 7.73. The van der Waals surface area contributed by atoms with Gasteiger partial charge in [0, 0.05) is 56.6 Å². The van der Waals surface area contributed by atoms with Crippen LogP contribution in [0.15, 0.2) is 54.6 Å². The topological polar surface area (TPSA) is 43.9 Å². The molecule has 5 nitrogen and oxygen atoms in total. The molecule has 0 atom stereocenters. The Bertz CT molecular complexity index is 912. The van der Waals surface area contributed by atoms with E-state index in [2.05, 4.69) is 36.1 Å². The second kappa shape index (κ2) is 8.52. The van der Waals surface area contributed by atoms with Gasteiger partial charge >= 0.3 is 0 Å². The van der Waals surface area contributed by atoms with Gasteiger partial charge in [-0.05, 0) is 54.8 Å². The first kappa shape index (κ1) is 19.2. The third-order valence-corrected chi connectivity index (χ3v) is 5.65. The van der Waals surface area contributed by atoms with Gasteiger partial charge in [-0.2, -0.15) is 0 Å². The van der Waals surface area contributed by atoms with Gasteiger partial charge in [0.05, 0.1) is 0 Å². The van der Waals surface area contributed by atoms with E-state index in [0.29, 0.717) is 6.42 Å². The Morgan fingerprint density at radius 3 is 2.34 bits per heavy atom. The van der Waals surface area contributed by atoms with Gasteiger partial charge < -0.3 is 14.7 Å². The van der Waals surface area contributed by atoms with Crippen molar-refractivity contribution in [2.45, 2.75) is 19.8 Å². The average Bonchev–Trinajstić information content (AvgIpc) is 3.18. The summed E-state index contributed by atoms with van der Waals surface area (Å²) in [6, 6.07) is 16.3. The van der Waals surface area contributed by atoms with Crippen molar-refractivity contribution in [1.82, 2.24) is 4.90 Å². The second-order valence-corrected chi connectivity index (χ2v) is 7.73. The lowest BCUT2D eigenvalue weighted by atomic mass is 10.1. The Balaban J connectivity index is 1.31. The minimum Gasteiger partial charge on any atom is -0.368 e.